The lowest BCUT2D eigenvalue weighted by Gasteiger charge is -2.11. The molecule has 0 aliphatic heterocycles. The van der Waals surface area contributed by atoms with E-state index in [0.717, 1.165) is 34.4 Å². The zero-order valence-electron chi connectivity index (χ0n) is 13.7. The molecule has 2 heterocycles. The van der Waals surface area contributed by atoms with Crippen molar-refractivity contribution in [3.63, 3.8) is 0 Å². The Bertz CT molecular complexity index is 842. The summed E-state index contributed by atoms with van der Waals surface area (Å²) in [5.41, 5.74) is 3.87. The van der Waals surface area contributed by atoms with Crippen LogP contribution in [0.4, 0.5) is 11.6 Å². The smallest absolute Gasteiger partial charge is 0.229 e. The number of benzene rings is 1. The van der Waals surface area contributed by atoms with Crippen LogP contribution < -0.4 is 14.8 Å². The van der Waals surface area contributed by atoms with Crippen LogP contribution in [0.1, 0.15) is 18.2 Å². The lowest BCUT2D eigenvalue weighted by atomic mass is 10.2. The summed E-state index contributed by atoms with van der Waals surface area (Å²) in [6.07, 6.45) is 2.80. The Kier molecular flexibility index (Phi) is 4.06. The van der Waals surface area contributed by atoms with Gasteiger partial charge in [-0.05, 0) is 31.0 Å². The van der Waals surface area contributed by atoms with Crippen LogP contribution in [0.25, 0.3) is 11.0 Å². The van der Waals surface area contributed by atoms with Crippen LogP contribution in [0.3, 0.4) is 0 Å². The number of rotatable bonds is 5. The maximum atomic E-state index is 5.32. The number of hydrogen-bond acceptors (Lipinski definition) is 5. The molecular weight excluding hydrogens is 292 g/mol. The summed E-state index contributed by atoms with van der Waals surface area (Å²) < 4.78 is 10.6. The first-order chi connectivity index (χ1) is 11.2. The molecule has 0 saturated carbocycles. The lowest BCUT2D eigenvalue weighted by molar-refractivity contribution is 0.355. The second-order valence-corrected chi connectivity index (χ2v) is 5.24. The third-order valence-corrected chi connectivity index (χ3v) is 3.78. The van der Waals surface area contributed by atoms with Crippen molar-refractivity contribution >= 4 is 22.7 Å². The second-order valence-electron chi connectivity index (χ2n) is 5.24. The molecule has 0 unspecified atom stereocenters. The monoisotopic (exact) mass is 312 g/mol. The summed E-state index contributed by atoms with van der Waals surface area (Å²) in [5, 5.41) is 4.33. The lowest BCUT2D eigenvalue weighted by Crippen LogP contribution is -2.01. The van der Waals surface area contributed by atoms with Crippen LogP contribution in [0.2, 0.25) is 0 Å². The fourth-order valence-electron chi connectivity index (χ4n) is 2.63. The van der Waals surface area contributed by atoms with E-state index >= 15 is 0 Å². The molecule has 0 fully saturated rings. The van der Waals surface area contributed by atoms with Gasteiger partial charge in [0.05, 0.1) is 19.9 Å². The standard InChI is InChI=1S/C17H20N4O2/c1-5-12-15-10(2)9-18-16(15)21-17(20-12)19-11-6-7-13(22-3)14(8-11)23-4/h6-9H,5H2,1-4H3,(H2,18,19,20,21). The molecule has 0 aliphatic rings. The first kappa shape index (κ1) is 15.1. The Balaban J connectivity index is 1.98. The highest BCUT2D eigenvalue weighted by atomic mass is 16.5. The van der Waals surface area contributed by atoms with E-state index < -0.39 is 0 Å². The number of ether oxygens (including phenoxy) is 2. The molecule has 0 radical (unpaired) electrons. The van der Waals surface area contributed by atoms with Crippen LogP contribution in [-0.2, 0) is 6.42 Å². The maximum Gasteiger partial charge on any atom is 0.229 e. The number of aryl methyl sites for hydroxylation is 2. The topological polar surface area (TPSA) is 72.1 Å². The van der Waals surface area contributed by atoms with E-state index in [2.05, 4.69) is 34.1 Å². The molecular formula is C17H20N4O2. The second kappa shape index (κ2) is 6.16. The number of aromatic amines is 1. The van der Waals surface area contributed by atoms with E-state index in [-0.39, 0.29) is 0 Å². The Morgan fingerprint density at radius 3 is 2.61 bits per heavy atom. The number of anilines is 2. The molecule has 0 bridgehead atoms. The number of nitrogens with zero attached hydrogens (tertiary/aromatic N) is 2. The molecule has 6 nitrogen and oxygen atoms in total. The van der Waals surface area contributed by atoms with Crippen molar-refractivity contribution in [3.05, 3.63) is 35.7 Å². The van der Waals surface area contributed by atoms with Crippen molar-refractivity contribution in [1.82, 2.24) is 15.0 Å². The van der Waals surface area contributed by atoms with Gasteiger partial charge in [0, 0.05) is 23.3 Å². The normalized spacial score (nSPS) is 10.8. The molecule has 6 heteroatoms. The molecule has 120 valence electrons. The molecule has 0 amide bonds. The third-order valence-electron chi connectivity index (χ3n) is 3.78. The van der Waals surface area contributed by atoms with E-state index in [1.54, 1.807) is 14.2 Å². The molecule has 3 rings (SSSR count). The highest BCUT2D eigenvalue weighted by Gasteiger charge is 2.11. The molecule has 2 aromatic heterocycles. The minimum atomic E-state index is 0.559. The Hall–Kier alpha value is -2.76. The molecule has 1 aromatic carbocycles. The number of fused-ring (bicyclic) bond motifs is 1. The van der Waals surface area contributed by atoms with Gasteiger partial charge in [0.25, 0.3) is 0 Å². The van der Waals surface area contributed by atoms with Crippen molar-refractivity contribution in [3.8, 4) is 11.5 Å². The highest BCUT2D eigenvalue weighted by Crippen LogP contribution is 2.31. The van der Waals surface area contributed by atoms with E-state index in [9.17, 15) is 0 Å². The van der Waals surface area contributed by atoms with Crippen molar-refractivity contribution in [2.45, 2.75) is 20.3 Å². The van der Waals surface area contributed by atoms with Gasteiger partial charge in [-0.1, -0.05) is 6.92 Å². The minimum absolute atomic E-state index is 0.559. The van der Waals surface area contributed by atoms with Crippen LogP contribution >= 0.6 is 0 Å². The number of hydrogen-bond donors (Lipinski definition) is 2. The predicted octanol–water partition coefficient (Wildman–Crippen LogP) is 3.59. The molecule has 0 spiro atoms. The van der Waals surface area contributed by atoms with Crippen LogP contribution in [-0.4, -0.2) is 29.2 Å². The van der Waals surface area contributed by atoms with Crippen molar-refractivity contribution in [1.29, 1.82) is 0 Å². The molecule has 23 heavy (non-hydrogen) atoms. The Morgan fingerprint density at radius 1 is 1.13 bits per heavy atom. The van der Waals surface area contributed by atoms with Crippen LogP contribution in [0.5, 0.6) is 11.5 Å². The van der Waals surface area contributed by atoms with E-state index in [4.69, 9.17) is 9.47 Å². The van der Waals surface area contributed by atoms with E-state index in [0.29, 0.717) is 17.4 Å². The summed E-state index contributed by atoms with van der Waals surface area (Å²) in [6, 6.07) is 5.61. The quantitative estimate of drug-likeness (QED) is 0.753. The van der Waals surface area contributed by atoms with Gasteiger partial charge in [-0.2, -0.15) is 4.98 Å². The van der Waals surface area contributed by atoms with Crippen molar-refractivity contribution in [2.75, 3.05) is 19.5 Å². The van der Waals surface area contributed by atoms with E-state index in [1.165, 1.54) is 0 Å². The minimum Gasteiger partial charge on any atom is -0.493 e. The van der Waals surface area contributed by atoms with E-state index in [1.807, 2.05) is 24.4 Å². The van der Waals surface area contributed by atoms with Crippen molar-refractivity contribution in [2.24, 2.45) is 0 Å². The summed E-state index contributed by atoms with van der Waals surface area (Å²) in [6.45, 7) is 4.15. The number of nitrogens with one attached hydrogen (secondary N) is 2. The zero-order valence-corrected chi connectivity index (χ0v) is 13.7. The molecule has 2 N–H and O–H groups in total. The largest absolute Gasteiger partial charge is 0.493 e. The summed E-state index contributed by atoms with van der Waals surface area (Å²) in [4.78, 5) is 12.4. The molecule has 0 atom stereocenters. The summed E-state index contributed by atoms with van der Waals surface area (Å²) in [5.74, 6) is 1.90. The summed E-state index contributed by atoms with van der Waals surface area (Å²) >= 11 is 0. The first-order valence-corrected chi connectivity index (χ1v) is 7.50. The fourth-order valence-corrected chi connectivity index (χ4v) is 2.63. The maximum absolute atomic E-state index is 5.32. The number of H-pyrrole nitrogens is 1. The Morgan fingerprint density at radius 2 is 1.91 bits per heavy atom. The van der Waals surface area contributed by atoms with Gasteiger partial charge in [0.2, 0.25) is 5.95 Å². The van der Waals surface area contributed by atoms with Gasteiger partial charge in [-0.15, -0.1) is 0 Å². The number of methoxy groups -OCH3 is 2. The average Bonchev–Trinajstić information content (AvgIpc) is 2.95. The molecule has 0 aliphatic carbocycles. The first-order valence-electron chi connectivity index (χ1n) is 7.50. The van der Waals surface area contributed by atoms with Gasteiger partial charge in [0.1, 0.15) is 5.65 Å². The van der Waals surface area contributed by atoms with Crippen LogP contribution in [0, 0.1) is 6.92 Å². The molecule has 0 saturated heterocycles. The van der Waals surface area contributed by atoms with Gasteiger partial charge in [-0.3, -0.25) is 0 Å². The van der Waals surface area contributed by atoms with Gasteiger partial charge in [0.15, 0.2) is 11.5 Å². The van der Waals surface area contributed by atoms with Crippen LogP contribution in [0.15, 0.2) is 24.4 Å². The third kappa shape index (κ3) is 2.79. The van der Waals surface area contributed by atoms with Gasteiger partial charge in [-0.25, -0.2) is 4.98 Å². The predicted molar refractivity (Wildman–Crippen MR) is 90.8 cm³/mol. The average molecular weight is 312 g/mol. The fraction of sp³-hybridized carbons (Fsp3) is 0.294. The highest BCUT2D eigenvalue weighted by molar-refractivity contribution is 5.83. The van der Waals surface area contributed by atoms with Gasteiger partial charge < -0.3 is 19.8 Å². The molecule has 3 aromatic rings. The Labute approximate surface area is 134 Å². The SMILES string of the molecule is CCc1nc(Nc2ccc(OC)c(OC)c2)nc2[nH]cc(C)c12. The van der Waals surface area contributed by atoms with Crippen molar-refractivity contribution < 1.29 is 9.47 Å². The van der Waals surface area contributed by atoms with Gasteiger partial charge >= 0.3 is 0 Å². The number of aromatic nitrogens is 3. The summed E-state index contributed by atoms with van der Waals surface area (Å²) in [7, 11) is 3.23. The zero-order chi connectivity index (χ0) is 16.4.